The minimum Gasteiger partial charge on any atom is -0.484 e. The van der Waals surface area contributed by atoms with Crippen LogP contribution in [0.1, 0.15) is 68.2 Å². The smallest absolute Gasteiger partial charge is 0.187 e. The number of ether oxygens (including phenoxy) is 1. The summed E-state index contributed by atoms with van der Waals surface area (Å²) in [6.45, 7) is 4.42. The van der Waals surface area contributed by atoms with Gasteiger partial charge in [0.05, 0.1) is 5.25 Å². The molecule has 2 aliphatic rings. The van der Waals surface area contributed by atoms with Gasteiger partial charge in [0.2, 0.25) is 0 Å². The summed E-state index contributed by atoms with van der Waals surface area (Å²) in [5, 5.41) is 11.9. The van der Waals surface area contributed by atoms with Crippen LogP contribution in [0.2, 0.25) is 0 Å². The first-order valence-electron chi connectivity index (χ1n) is 12.8. The number of nitroso groups, excluding NO2 is 1. The zero-order valence-electron chi connectivity index (χ0n) is 21.0. The van der Waals surface area contributed by atoms with Crippen molar-refractivity contribution in [2.45, 2.75) is 76.4 Å². The molecule has 2 aromatic rings. The van der Waals surface area contributed by atoms with Crippen molar-refractivity contribution >= 4 is 36.4 Å². The summed E-state index contributed by atoms with van der Waals surface area (Å²) in [4.78, 5) is 11.2. The van der Waals surface area contributed by atoms with Crippen LogP contribution in [-0.2, 0) is 12.8 Å². The fourth-order valence-corrected chi connectivity index (χ4v) is 5.99. The number of aliphatic hydroxyl groups is 1. The highest BCUT2D eigenvalue weighted by atomic mass is 32.1. The summed E-state index contributed by atoms with van der Waals surface area (Å²) in [6.07, 6.45) is 8.51. The fraction of sp³-hybridized carbons (Fsp3) is 0.400. The summed E-state index contributed by atoms with van der Waals surface area (Å²) in [6, 6.07) is 15.5. The van der Waals surface area contributed by atoms with E-state index in [0.29, 0.717) is 6.42 Å². The molecule has 0 heterocycles. The van der Waals surface area contributed by atoms with Gasteiger partial charge in [0.25, 0.3) is 0 Å². The number of aryl methyl sites for hydroxylation is 2. The second-order valence-electron chi connectivity index (χ2n) is 9.54. The van der Waals surface area contributed by atoms with Crippen LogP contribution in [0.3, 0.4) is 0 Å². The Morgan fingerprint density at radius 3 is 2.56 bits per heavy atom. The van der Waals surface area contributed by atoms with Crippen molar-refractivity contribution in [3.05, 3.63) is 92.3 Å². The number of aliphatic hydroxyl groups excluding tert-OH is 1. The van der Waals surface area contributed by atoms with Gasteiger partial charge in [-0.25, -0.2) is 0 Å². The molecule has 3 unspecified atom stereocenters. The number of allylic oxidation sites excluding steroid dienone is 4. The van der Waals surface area contributed by atoms with E-state index in [9.17, 15) is 10.0 Å². The second-order valence-corrected chi connectivity index (χ2v) is 10.7. The minimum absolute atomic E-state index is 0.187. The number of hydrogen-bond donors (Lipinski definition) is 3. The highest BCUT2D eigenvalue weighted by Crippen LogP contribution is 2.41. The van der Waals surface area contributed by atoms with Crippen LogP contribution in [0.25, 0.3) is 11.1 Å². The molecule has 36 heavy (non-hydrogen) atoms. The number of benzene rings is 2. The summed E-state index contributed by atoms with van der Waals surface area (Å²) in [5.41, 5.74) is 9.19. The topological polar surface area (TPSA) is 58.9 Å². The summed E-state index contributed by atoms with van der Waals surface area (Å²) >= 11 is 9.44. The molecule has 0 saturated carbocycles. The number of thiol groups is 2. The van der Waals surface area contributed by atoms with Gasteiger partial charge in [0.1, 0.15) is 11.9 Å². The zero-order chi connectivity index (χ0) is 25.7. The van der Waals surface area contributed by atoms with Crippen LogP contribution in [0.4, 0.5) is 0 Å². The number of fused-ring (bicyclic) bond motifs is 1. The molecule has 0 fully saturated rings. The van der Waals surface area contributed by atoms with E-state index < -0.39 is 6.23 Å². The third kappa shape index (κ3) is 6.16. The number of nitrogens with zero attached hydrogens (tertiary/aromatic N) is 1. The predicted octanol–water partition coefficient (Wildman–Crippen LogP) is 7.57. The average Bonchev–Trinajstić information content (AvgIpc) is 2.89. The lowest BCUT2D eigenvalue weighted by molar-refractivity contribution is 0.173. The van der Waals surface area contributed by atoms with Gasteiger partial charge in [-0.05, 0) is 94.5 Å². The molecule has 1 N–H and O–H groups in total. The first-order chi connectivity index (χ1) is 17.4. The van der Waals surface area contributed by atoms with Crippen LogP contribution in [-0.4, -0.2) is 22.7 Å². The quantitative estimate of drug-likeness (QED) is 0.223. The minimum atomic E-state index is -1.19. The van der Waals surface area contributed by atoms with Gasteiger partial charge in [-0.3, -0.25) is 0 Å². The largest absolute Gasteiger partial charge is 0.484 e. The fourth-order valence-electron chi connectivity index (χ4n) is 5.08. The molecule has 3 atom stereocenters. The van der Waals surface area contributed by atoms with Crippen LogP contribution >= 0.6 is 25.3 Å². The van der Waals surface area contributed by atoms with Gasteiger partial charge >= 0.3 is 0 Å². The first kappa shape index (κ1) is 26.8. The van der Waals surface area contributed by atoms with Gasteiger partial charge in [-0.1, -0.05) is 56.7 Å². The van der Waals surface area contributed by atoms with Gasteiger partial charge in [-0.15, -0.1) is 17.5 Å². The van der Waals surface area contributed by atoms with Crippen LogP contribution in [0.15, 0.2) is 70.3 Å². The Morgan fingerprint density at radius 1 is 1.11 bits per heavy atom. The lowest BCUT2D eigenvalue weighted by Crippen LogP contribution is -2.29. The van der Waals surface area contributed by atoms with Crippen molar-refractivity contribution in [2.75, 3.05) is 0 Å². The molecule has 4 rings (SSSR count). The first-order valence-corrected chi connectivity index (χ1v) is 13.8. The zero-order valence-corrected chi connectivity index (χ0v) is 22.8. The van der Waals surface area contributed by atoms with Crippen LogP contribution in [0, 0.1) is 4.91 Å². The monoisotopic (exact) mass is 521 g/mol. The molecule has 2 aliphatic carbocycles. The van der Waals surface area contributed by atoms with Crippen molar-refractivity contribution in [2.24, 2.45) is 5.18 Å². The lowest BCUT2D eigenvalue weighted by atomic mass is 9.80. The maximum atomic E-state index is 10.5. The normalized spacial score (nSPS) is 20.4. The van der Waals surface area contributed by atoms with E-state index in [2.05, 4.69) is 61.5 Å². The molecule has 0 spiro atoms. The molecular weight excluding hydrogens is 486 g/mol. The molecular formula is C30H35NO3S2. The predicted molar refractivity (Wildman–Crippen MR) is 156 cm³/mol. The van der Waals surface area contributed by atoms with Crippen molar-refractivity contribution < 1.29 is 9.84 Å². The Kier molecular flexibility index (Phi) is 9.15. The highest BCUT2D eigenvalue weighted by molar-refractivity contribution is 7.85. The van der Waals surface area contributed by atoms with Crippen molar-refractivity contribution in [3.8, 4) is 5.75 Å². The third-order valence-electron chi connectivity index (χ3n) is 7.02. The highest BCUT2D eigenvalue weighted by Gasteiger charge is 2.27. The van der Waals surface area contributed by atoms with Gasteiger partial charge in [-0.2, -0.15) is 12.6 Å². The standard InChI is InChI=1S/C30H35NO3S2/c1-3-5-25-24(21-9-6-19(4-2)7-10-21)14-12-22-11-13-23(18-26(22)25)34-30-27(35)16-20(17-28(30)36)8-15-29(32)31-33/h6-7,9-11,13,16-18,27,29-30,32,35-36H,3-5,8,12,14-15H2,1-2H3. The van der Waals surface area contributed by atoms with Crippen molar-refractivity contribution in [1.82, 2.24) is 0 Å². The summed E-state index contributed by atoms with van der Waals surface area (Å²) in [7, 11) is 0. The average molecular weight is 522 g/mol. The Bertz CT molecular complexity index is 1180. The van der Waals surface area contributed by atoms with E-state index in [4.69, 9.17) is 30.0 Å². The van der Waals surface area contributed by atoms with Gasteiger partial charge in [0.15, 0.2) is 6.23 Å². The maximum Gasteiger partial charge on any atom is 0.187 e. The molecule has 2 aromatic carbocycles. The van der Waals surface area contributed by atoms with Crippen LogP contribution in [0.5, 0.6) is 5.75 Å². The molecule has 0 bridgehead atoms. The number of hydrogen-bond acceptors (Lipinski definition) is 6. The van der Waals surface area contributed by atoms with E-state index >= 15 is 0 Å². The summed E-state index contributed by atoms with van der Waals surface area (Å²) < 4.78 is 6.43. The van der Waals surface area contributed by atoms with Gasteiger partial charge < -0.3 is 9.84 Å². The van der Waals surface area contributed by atoms with Crippen molar-refractivity contribution in [1.29, 1.82) is 0 Å². The second kappa shape index (κ2) is 12.3. The molecule has 0 aromatic heterocycles. The Morgan fingerprint density at radius 2 is 1.89 bits per heavy atom. The van der Waals surface area contributed by atoms with E-state index in [-0.39, 0.29) is 17.8 Å². The Labute approximate surface area is 225 Å². The SMILES string of the molecule is CCCC1=C(c2ccc(CC)cc2)CCc2ccc(OC3C(S)=CC(CCC(O)N=O)=CC3S)cc21. The molecule has 0 amide bonds. The van der Waals surface area contributed by atoms with Crippen LogP contribution < -0.4 is 4.74 Å². The molecule has 0 saturated heterocycles. The van der Waals surface area contributed by atoms with E-state index in [1.807, 2.05) is 12.2 Å². The number of rotatable bonds is 10. The molecule has 6 heteroatoms. The molecule has 4 nitrogen and oxygen atoms in total. The summed E-state index contributed by atoms with van der Waals surface area (Å²) in [5.74, 6) is 0.811. The van der Waals surface area contributed by atoms with E-state index in [0.717, 1.165) is 48.3 Å². The Hall–Kier alpha value is -2.28. The molecule has 190 valence electrons. The molecule has 0 radical (unpaired) electrons. The van der Waals surface area contributed by atoms with E-state index in [1.165, 1.54) is 33.4 Å². The van der Waals surface area contributed by atoms with Crippen molar-refractivity contribution in [3.63, 3.8) is 0 Å². The Balaban J connectivity index is 1.58. The van der Waals surface area contributed by atoms with Gasteiger partial charge in [0, 0.05) is 11.3 Å². The third-order valence-corrected chi connectivity index (χ3v) is 7.82. The lowest BCUT2D eigenvalue weighted by Gasteiger charge is -2.29. The van der Waals surface area contributed by atoms with E-state index in [1.54, 1.807) is 0 Å². The molecule has 0 aliphatic heterocycles. The maximum absolute atomic E-state index is 10.5.